The molecule has 0 spiro atoms. The molecule has 42 heavy (non-hydrogen) atoms. The number of ether oxygens (including phenoxy) is 1. The Morgan fingerprint density at radius 3 is 2.48 bits per heavy atom. The number of rotatable bonds is 8. The molecule has 2 unspecified atom stereocenters. The summed E-state index contributed by atoms with van der Waals surface area (Å²) >= 11 is 0. The van der Waals surface area contributed by atoms with Crippen molar-refractivity contribution >= 4 is 39.3 Å². The van der Waals surface area contributed by atoms with E-state index in [1.807, 2.05) is 32.9 Å². The predicted octanol–water partition coefficient (Wildman–Crippen LogP) is 4.07. The maximum atomic E-state index is 13.8. The summed E-state index contributed by atoms with van der Waals surface area (Å²) in [6.07, 6.45) is 0.866. The summed E-state index contributed by atoms with van der Waals surface area (Å²) in [7, 11) is -3.35. The lowest BCUT2D eigenvalue weighted by Crippen LogP contribution is -2.46. The highest BCUT2D eigenvalue weighted by atomic mass is 32.2. The highest BCUT2D eigenvalue weighted by Crippen LogP contribution is 2.35. The first kappa shape index (κ1) is 30.0. The predicted molar refractivity (Wildman–Crippen MR) is 156 cm³/mol. The summed E-state index contributed by atoms with van der Waals surface area (Å²) < 4.78 is 72.1. The van der Waals surface area contributed by atoms with Crippen LogP contribution >= 0.6 is 0 Å². The zero-order valence-corrected chi connectivity index (χ0v) is 24.5. The molecule has 1 fully saturated rings. The second-order valence-electron chi connectivity index (χ2n) is 10.7. The van der Waals surface area contributed by atoms with E-state index < -0.39 is 21.6 Å². The molecule has 4 heterocycles. The van der Waals surface area contributed by atoms with Crippen molar-refractivity contribution in [1.29, 1.82) is 0 Å². The van der Waals surface area contributed by atoms with Crippen LogP contribution in [0.4, 0.5) is 30.4 Å². The molecule has 0 radical (unpaired) electrons. The lowest BCUT2D eigenvalue weighted by molar-refractivity contribution is -0.137. The minimum Gasteiger partial charge on any atom is -0.373 e. The number of hydrogen-bond donors (Lipinski definition) is 1. The number of morpholine rings is 1. The Kier molecular flexibility index (Phi) is 8.58. The highest BCUT2D eigenvalue weighted by Gasteiger charge is 2.35. The maximum Gasteiger partial charge on any atom is 0.419 e. The fraction of sp³-hybridized carbons (Fsp3) is 0.400. The van der Waals surface area contributed by atoms with Crippen LogP contribution in [0.25, 0.3) is 12.3 Å². The van der Waals surface area contributed by atoms with Gasteiger partial charge in [-0.2, -0.15) is 13.2 Å². The van der Waals surface area contributed by atoms with Crippen LogP contribution in [0.3, 0.4) is 0 Å². The zero-order chi connectivity index (χ0) is 30.1. The van der Waals surface area contributed by atoms with Crippen molar-refractivity contribution in [1.82, 2.24) is 14.9 Å². The van der Waals surface area contributed by atoms with E-state index in [4.69, 9.17) is 9.72 Å². The van der Waals surface area contributed by atoms with Gasteiger partial charge in [0.2, 0.25) is 0 Å². The van der Waals surface area contributed by atoms with Crippen LogP contribution < -0.4 is 20.8 Å². The van der Waals surface area contributed by atoms with Gasteiger partial charge in [0.1, 0.15) is 5.82 Å². The molecular formula is C30H34F3N5O3S. The Balaban J connectivity index is 1.54. The van der Waals surface area contributed by atoms with Crippen LogP contribution in [0.15, 0.2) is 53.6 Å². The normalized spacial score (nSPS) is 19.5. The minimum atomic E-state index is -4.56. The van der Waals surface area contributed by atoms with Crippen LogP contribution in [-0.4, -0.2) is 60.9 Å². The molecule has 0 aliphatic carbocycles. The summed E-state index contributed by atoms with van der Waals surface area (Å²) in [5, 5.41) is 4.64. The Morgan fingerprint density at radius 1 is 1.10 bits per heavy atom. The number of pyridine rings is 2. The number of benzene rings is 1. The number of halogens is 3. The summed E-state index contributed by atoms with van der Waals surface area (Å²) in [6, 6.07) is 10.8. The van der Waals surface area contributed by atoms with Gasteiger partial charge in [0.25, 0.3) is 0 Å². The van der Waals surface area contributed by atoms with Gasteiger partial charge in [-0.05, 0) is 62.7 Å². The van der Waals surface area contributed by atoms with Crippen molar-refractivity contribution in [3.63, 3.8) is 0 Å². The van der Waals surface area contributed by atoms with Gasteiger partial charge in [-0.3, -0.25) is 4.90 Å². The Bertz CT molecular complexity index is 1650. The third-order valence-electron chi connectivity index (χ3n) is 7.12. The molecule has 1 aromatic carbocycles. The Hall–Kier alpha value is -3.48. The van der Waals surface area contributed by atoms with E-state index in [9.17, 15) is 21.6 Å². The van der Waals surface area contributed by atoms with Gasteiger partial charge in [0.05, 0.1) is 39.5 Å². The first-order chi connectivity index (χ1) is 19.9. The summed E-state index contributed by atoms with van der Waals surface area (Å²) in [4.78, 5) is 12.9. The van der Waals surface area contributed by atoms with Crippen molar-refractivity contribution in [2.45, 2.75) is 57.0 Å². The molecule has 5 rings (SSSR count). The van der Waals surface area contributed by atoms with Gasteiger partial charge in [0.15, 0.2) is 9.84 Å². The first-order valence-corrected chi connectivity index (χ1v) is 15.6. The molecule has 2 aromatic heterocycles. The fourth-order valence-electron chi connectivity index (χ4n) is 5.44. The number of nitrogens with one attached hydrogen (secondary N) is 1. The Labute approximate surface area is 243 Å². The summed E-state index contributed by atoms with van der Waals surface area (Å²) in [5.74, 6) is -0.110. The molecular weight excluding hydrogens is 567 g/mol. The summed E-state index contributed by atoms with van der Waals surface area (Å²) in [6.45, 7) is 8.00. The van der Waals surface area contributed by atoms with Crippen LogP contribution in [0.5, 0.6) is 0 Å². The van der Waals surface area contributed by atoms with Gasteiger partial charge >= 0.3 is 6.18 Å². The second kappa shape index (κ2) is 12.0. The highest BCUT2D eigenvalue weighted by molar-refractivity contribution is 7.91. The molecule has 2 aliphatic rings. The average Bonchev–Trinajstić information content (AvgIpc) is 2.92. The molecule has 224 valence electrons. The van der Waals surface area contributed by atoms with Crippen molar-refractivity contribution < 1.29 is 26.3 Å². The van der Waals surface area contributed by atoms with Crippen LogP contribution in [0, 0.1) is 0 Å². The van der Waals surface area contributed by atoms with Gasteiger partial charge in [-0.15, -0.1) is 0 Å². The van der Waals surface area contributed by atoms with Gasteiger partial charge < -0.3 is 15.0 Å². The quantitative estimate of drug-likeness (QED) is 0.414. The van der Waals surface area contributed by atoms with Crippen LogP contribution in [0.1, 0.15) is 38.4 Å². The lowest BCUT2D eigenvalue weighted by Gasteiger charge is -2.35. The molecule has 3 aromatic rings. The maximum absolute atomic E-state index is 13.8. The number of anilines is 3. The molecule has 0 amide bonds. The number of nitrogens with zero attached hydrogens (tertiary/aromatic N) is 4. The van der Waals surface area contributed by atoms with E-state index in [-0.39, 0.29) is 35.2 Å². The van der Waals surface area contributed by atoms with E-state index in [0.717, 1.165) is 35.8 Å². The topological polar surface area (TPSA) is 87.7 Å². The van der Waals surface area contributed by atoms with E-state index in [1.54, 1.807) is 30.5 Å². The molecule has 8 nitrogen and oxygen atoms in total. The molecule has 1 saturated heterocycles. The van der Waals surface area contributed by atoms with E-state index >= 15 is 0 Å². The number of alkyl halides is 3. The first-order valence-electron chi connectivity index (χ1n) is 13.9. The van der Waals surface area contributed by atoms with Crippen molar-refractivity contribution in [3.05, 3.63) is 70.5 Å². The van der Waals surface area contributed by atoms with Gasteiger partial charge in [-0.25, -0.2) is 18.4 Å². The monoisotopic (exact) mass is 601 g/mol. The largest absolute Gasteiger partial charge is 0.419 e. The summed E-state index contributed by atoms with van der Waals surface area (Å²) in [5.41, 5.74) is 1.32. The van der Waals surface area contributed by atoms with E-state index in [0.29, 0.717) is 24.0 Å². The third kappa shape index (κ3) is 6.77. The van der Waals surface area contributed by atoms with Crippen molar-refractivity contribution in [2.75, 3.05) is 35.6 Å². The number of fused-ring (bicyclic) bond motifs is 1. The standard InChI is InChI=1S/C30H34F3N5O3S/c1-4-14-42(39,40)24-9-7-22(8-10-24)35-27-15-23(18-37-16-20(2)41-21(3)17-37)36-28-19-38(13-11-25(27)28)29-26(30(31,32)33)6-5-12-34-29/h5-12,15,19-21,35H,4,13-14,16-18H2,1-3H3. The minimum absolute atomic E-state index is 0.0619. The van der Waals surface area contributed by atoms with E-state index in [1.165, 1.54) is 17.2 Å². The van der Waals surface area contributed by atoms with Gasteiger partial charge in [0, 0.05) is 55.2 Å². The molecule has 0 bridgehead atoms. The number of hydrogen-bond acceptors (Lipinski definition) is 8. The third-order valence-corrected chi connectivity index (χ3v) is 9.06. The second-order valence-corrected chi connectivity index (χ2v) is 12.8. The number of sulfone groups is 1. The number of aromatic nitrogens is 2. The SMILES string of the molecule is CCCS(=O)(=O)c1ccc(Nc2cc(CN3CC(C)OC(C)C3)nc3c2=CCN(c2ncccc2C(F)(F)F)C=3)cc1. The molecule has 2 aliphatic heterocycles. The molecule has 2 atom stereocenters. The van der Waals surface area contributed by atoms with Crippen molar-refractivity contribution in [2.24, 2.45) is 0 Å². The smallest absolute Gasteiger partial charge is 0.373 e. The molecule has 0 saturated carbocycles. The van der Waals surface area contributed by atoms with Gasteiger partial charge in [-0.1, -0.05) is 13.0 Å². The molecule has 12 heteroatoms. The Morgan fingerprint density at radius 2 is 1.81 bits per heavy atom. The van der Waals surface area contributed by atoms with E-state index in [2.05, 4.69) is 15.2 Å². The van der Waals surface area contributed by atoms with Crippen LogP contribution in [-0.2, 0) is 27.3 Å². The van der Waals surface area contributed by atoms with Crippen molar-refractivity contribution in [3.8, 4) is 0 Å². The molecule has 1 N–H and O–H groups in total. The average molecular weight is 602 g/mol. The van der Waals surface area contributed by atoms with Crippen LogP contribution in [0.2, 0.25) is 0 Å². The zero-order valence-electron chi connectivity index (χ0n) is 23.7. The fourth-order valence-corrected chi connectivity index (χ4v) is 6.77. The lowest BCUT2D eigenvalue weighted by atomic mass is 10.1.